The highest BCUT2D eigenvalue weighted by molar-refractivity contribution is 5.81. The number of aliphatic hydroxyl groups excluding tert-OH is 1. The predicted octanol–water partition coefficient (Wildman–Crippen LogP) is 2.91. The maximum Gasteiger partial charge on any atom is 0.193 e. The smallest absolute Gasteiger partial charge is 0.193 e. The number of fused-ring (bicyclic) bond motifs is 2. The average Bonchev–Trinajstić information content (AvgIpc) is 3.61. The minimum Gasteiger partial charge on any atom is -0.470 e. The minimum absolute atomic E-state index is 0.235. The van der Waals surface area contributed by atoms with Gasteiger partial charge in [0.15, 0.2) is 17.8 Å². The van der Waals surface area contributed by atoms with Gasteiger partial charge >= 0.3 is 0 Å². The Hall–Kier alpha value is -2.76. The van der Waals surface area contributed by atoms with Gasteiger partial charge in [0, 0.05) is 43.6 Å². The van der Waals surface area contributed by atoms with Crippen LogP contribution in [0.5, 0.6) is 5.88 Å². The molecule has 9 nitrogen and oxygen atoms in total. The second-order valence-corrected chi connectivity index (χ2v) is 9.80. The quantitative estimate of drug-likeness (QED) is 0.444. The van der Waals surface area contributed by atoms with Crippen molar-refractivity contribution in [2.24, 2.45) is 0 Å². The molecule has 3 aliphatic rings. The number of benzene rings is 1. The zero-order chi connectivity index (χ0) is 25.4. The fraction of sp³-hybridized carbons (Fsp3) is 0.519. The van der Waals surface area contributed by atoms with Crippen molar-refractivity contribution in [1.29, 1.82) is 0 Å². The Morgan fingerprint density at radius 2 is 1.86 bits per heavy atom. The molecule has 0 aliphatic carbocycles. The van der Waals surface area contributed by atoms with Crippen LogP contribution < -0.4 is 9.64 Å². The van der Waals surface area contributed by atoms with Gasteiger partial charge in [-0.3, -0.25) is 0 Å². The van der Waals surface area contributed by atoms with Crippen LogP contribution in [0.1, 0.15) is 12.8 Å². The molecule has 198 valence electrons. The third-order valence-corrected chi connectivity index (χ3v) is 7.38. The molecule has 0 bridgehead atoms. The number of hydrogen-bond donors (Lipinski definition) is 2. The van der Waals surface area contributed by atoms with E-state index < -0.39 is 11.9 Å². The SMILES string of the molecule is COCCOC1CCN(c2ccc(-c3nc4cc(O[C@@H]5CO[C@H]6[C@@H]5OC[C@H]6O)[nH]c4cc3F)cc2)CC1. The lowest BCUT2D eigenvalue weighted by atomic mass is 10.1. The monoisotopic (exact) mass is 513 g/mol. The van der Waals surface area contributed by atoms with Crippen molar-refractivity contribution in [3.8, 4) is 17.1 Å². The van der Waals surface area contributed by atoms with E-state index in [1.807, 2.05) is 24.3 Å². The van der Waals surface area contributed by atoms with E-state index in [0.717, 1.165) is 31.6 Å². The van der Waals surface area contributed by atoms with E-state index in [4.69, 9.17) is 23.7 Å². The molecule has 2 aromatic heterocycles. The number of nitrogens with one attached hydrogen (secondary N) is 1. The number of piperidine rings is 1. The number of pyridine rings is 1. The molecule has 0 spiro atoms. The highest BCUT2D eigenvalue weighted by atomic mass is 19.1. The number of aromatic amines is 1. The van der Waals surface area contributed by atoms with Gasteiger partial charge in [0.1, 0.15) is 24.0 Å². The van der Waals surface area contributed by atoms with Crippen molar-refractivity contribution >= 4 is 16.7 Å². The number of nitrogens with zero attached hydrogens (tertiary/aromatic N) is 2. The van der Waals surface area contributed by atoms with E-state index in [9.17, 15) is 5.11 Å². The number of hydrogen-bond acceptors (Lipinski definition) is 8. The van der Waals surface area contributed by atoms with Crippen LogP contribution in [0.4, 0.5) is 10.1 Å². The lowest BCUT2D eigenvalue weighted by Crippen LogP contribution is -2.37. The van der Waals surface area contributed by atoms with Crippen LogP contribution >= 0.6 is 0 Å². The summed E-state index contributed by atoms with van der Waals surface area (Å²) < 4.78 is 43.2. The second-order valence-electron chi connectivity index (χ2n) is 9.80. The molecular weight excluding hydrogens is 481 g/mol. The van der Waals surface area contributed by atoms with E-state index in [-0.39, 0.29) is 31.0 Å². The van der Waals surface area contributed by atoms with Gasteiger partial charge in [-0.1, -0.05) is 12.1 Å². The number of methoxy groups -OCH3 is 1. The lowest BCUT2D eigenvalue weighted by molar-refractivity contribution is 0.00610. The van der Waals surface area contributed by atoms with E-state index in [1.165, 1.54) is 6.07 Å². The van der Waals surface area contributed by atoms with Crippen molar-refractivity contribution in [1.82, 2.24) is 9.97 Å². The van der Waals surface area contributed by atoms with Gasteiger partial charge in [-0.05, 0) is 25.0 Å². The Labute approximate surface area is 214 Å². The Kier molecular flexibility index (Phi) is 7.00. The number of halogens is 1. The van der Waals surface area contributed by atoms with E-state index in [0.29, 0.717) is 48.0 Å². The topological polar surface area (TPSA) is 98.3 Å². The molecule has 3 aliphatic heterocycles. The highest BCUT2D eigenvalue weighted by Crippen LogP contribution is 2.32. The van der Waals surface area contributed by atoms with Crippen molar-refractivity contribution < 1.29 is 33.2 Å². The molecule has 10 heteroatoms. The van der Waals surface area contributed by atoms with Gasteiger partial charge in [0.25, 0.3) is 0 Å². The Morgan fingerprint density at radius 1 is 1.08 bits per heavy atom. The molecule has 4 atom stereocenters. The molecule has 0 radical (unpaired) electrons. The molecule has 6 rings (SSSR count). The first-order valence-electron chi connectivity index (χ1n) is 12.8. The fourth-order valence-corrected chi connectivity index (χ4v) is 5.39. The number of anilines is 1. The van der Waals surface area contributed by atoms with Crippen molar-refractivity contribution in [3.63, 3.8) is 0 Å². The predicted molar refractivity (Wildman–Crippen MR) is 134 cm³/mol. The zero-order valence-corrected chi connectivity index (χ0v) is 20.8. The molecular formula is C27H32FN3O6. The molecule has 3 aromatic rings. The molecule has 0 saturated carbocycles. The maximum absolute atomic E-state index is 15.0. The molecule has 0 amide bonds. The summed E-state index contributed by atoms with van der Waals surface area (Å²) in [5.41, 5.74) is 3.26. The summed E-state index contributed by atoms with van der Waals surface area (Å²) in [6, 6.07) is 11.1. The normalized spacial score (nSPS) is 26.2. The highest BCUT2D eigenvalue weighted by Gasteiger charge is 2.48. The van der Waals surface area contributed by atoms with Crippen LogP contribution in [0.15, 0.2) is 36.4 Å². The third-order valence-electron chi connectivity index (χ3n) is 7.38. The summed E-state index contributed by atoms with van der Waals surface area (Å²) in [5, 5.41) is 9.93. The van der Waals surface area contributed by atoms with E-state index in [1.54, 1.807) is 13.2 Å². The molecule has 37 heavy (non-hydrogen) atoms. The van der Waals surface area contributed by atoms with Gasteiger partial charge in [-0.25, -0.2) is 9.37 Å². The molecule has 2 N–H and O–H groups in total. The molecule has 1 aromatic carbocycles. The summed E-state index contributed by atoms with van der Waals surface area (Å²) in [6.07, 6.45) is 0.515. The summed E-state index contributed by atoms with van der Waals surface area (Å²) in [5.74, 6) is 0.0532. The Bertz CT molecular complexity index is 1210. The first-order chi connectivity index (χ1) is 18.1. The number of aromatic nitrogens is 2. The molecule has 3 fully saturated rings. The van der Waals surface area contributed by atoms with Crippen molar-refractivity contribution in [2.45, 2.75) is 43.4 Å². The zero-order valence-electron chi connectivity index (χ0n) is 20.8. The average molecular weight is 514 g/mol. The molecule has 3 saturated heterocycles. The van der Waals surface area contributed by atoms with Gasteiger partial charge < -0.3 is 38.7 Å². The first-order valence-corrected chi connectivity index (χ1v) is 12.8. The van der Waals surface area contributed by atoms with Gasteiger partial charge in [0.2, 0.25) is 0 Å². The van der Waals surface area contributed by atoms with Gasteiger partial charge in [-0.2, -0.15) is 0 Å². The first kappa shape index (κ1) is 24.6. The summed E-state index contributed by atoms with van der Waals surface area (Å²) in [7, 11) is 1.68. The van der Waals surface area contributed by atoms with Crippen LogP contribution in [0, 0.1) is 5.82 Å². The van der Waals surface area contributed by atoms with E-state index >= 15 is 4.39 Å². The molecule has 5 heterocycles. The lowest BCUT2D eigenvalue weighted by Gasteiger charge is -2.33. The van der Waals surface area contributed by atoms with Crippen molar-refractivity contribution in [3.05, 3.63) is 42.2 Å². The molecule has 0 unspecified atom stereocenters. The standard InChI is InChI=1S/C27H32FN3O6/c1-33-10-11-34-18-6-8-31(9-7-18)17-4-2-16(3-5-17)25-19(28)12-20-21(30-25)13-24(29-20)37-23-15-36-26-22(32)14-35-27(23)26/h2-5,12-13,18,22-23,26-27,29,32H,6-11,14-15H2,1H3/t22-,23-,26-,27-/m1/s1. The Balaban J connectivity index is 1.12. The fourth-order valence-electron chi connectivity index (χ4n) is 5.39. The Morgan fingerprint density at radius 3 is 2.65 bits per heavy atom. The van der Waals surface area contributed by atoms with Crippen LogP contribution in [0.25, 0.3) is 22.3 Å². The minimum atomic E-state index is -0.641. The van der Waals surface area contributed by atoms with Crippen LogP contribution in [0.3, 0.4) is 0 Å². The van der Waals surface area contributed by atoms with Crippen molar-refractivity contribution in [2.75, 3.05) is 51.5 Å². The third kappa shape index (κ3) is 5.04. The maximum atomic E-state index is 15.0. The second kappa shape index (κ2) is 10.5. The summed E-state index contributed by atoms with van der Waals surface area (Å²) in [4.78, 5) is 9.99. The summed E-state index contributed by atoms with van der Waals surface area (Å²) in [6.45, 7) is 3.63. The van der Waals surface area contributed by atoms with E-state index in [2.05, 4.69) is 14.9 Å². The summed E-state index contributed by atoms with van der Waals surface area (Å²) >= 11 is 0. The van der Waals surface area contributed by atoms with Gasteiger partial charge in [0.05, 0.1) is 43.6 Å². The number of H-pyrrole nitrogens is 1. The number of rotatable bonds is 8. The van der Waals surface area contributed by atoms with Gasteiger partial charge in [-0.15, -0.1) is 0 Å². The van der Waals surface area contributed by atoms with Crippen LogP contribution in [0.2, 0.25) is 0 Å². The largest absolute Gasteiger partial charge is 0.470 e. The number of ether oxygens (including phenoxy) is 5. The van der Waals surface area contributed by atoms with Crippen LogP contribution in [-0.4, -0.2) is 92.2 Å². The number of aliphatic hydroxyl groups is 1. The van der Waals surface area contributed by atoms with Crippen LogP contribution in [-0.2, 0) is 18.9 Å².